The molecular formula is C51H79N7O10. The second-order valence-corrected chi connectivity index (χ2v) is 19.6. The van der Waals surface area contributed by atoms with Crippen molar-refractivity contribution in [3.63, 3.8) is 0 Å². The van der Waals surface area contributed by atoms with Crippen LogP contribution in [-0.2, 0) is 49.5 Å². The van der Waals surface area contributed by atoms with Crippen molar-refractivity contribution in [2.24, 2.45) is 23.7 Å². The summed E-state index contributed by atoms with van der Waals surface area (Å²) in [6.07, 6.45) is 8.22. The highest BCUT2D eigenvalue weighted by Gasteiger charge is 2.44. The van der Waals surface area contributed by atoms with E-state index in [1.807, 2.05) is 82.8 Å². The average molecular weight is 950 g/mol. The fourth-order valence-electron chi connectivity index (χ4n) is 10.4. The Morgan fingerprint density at radius 2 is 1.50 bits per heavy atom. The van der Waals surface area contributed by atoms with E-state index in [1.54, 1.807) is 25.1 Å². The third-order valence-electron chi connectivity index (χ3n) is 14.2. The number of hydrogen-bond donors (Lipinski definition) is 4. The van der Waals surface area contributed by atoms with Crippen molar-refractivity contribution < 1.29 is 48.1 Å². The van der Waals surface area contributed by atoms with Crippen LogP contribution in [0.4, 0.5) is 0 Å². The van der Waals surface area contributed by atoms with Crippen molar-refractivity contribution in [3.8, 4) is 0 Å². The Morgan fingerprint density at radius 3 is 2.10 bits per heavy atom. The third-order valence-corrected chi connectivity index (χ3v) is 14.2. The van der Waals surface area contributed by atoms with Crippen molar-refractivity contribution in [3.05, 3.63) is 48.2 Å². The Bertz CT molecular complexity index is 2050. The fourth-order valence-corrected chi connectivity index (χ4v) is 10.4. The predicted octanol–water partition coefficient (Wildman–Crippen LogP) is 4.78. The number of nitrogens with one attached hydrogen (secondary N) is 3. The maximum atomic E-state index is 14.5. The van der Waals surface area contributed by atoms with E-state index in [2.05, 4.69) is 22.5 Å². The third kappa shape index (κ3) is 14.1. The molecule has 1 aromatic carbocycles. The number of likely N-dealkylation sites (tertiary alicyclic amines) is 1. The minimum atomic E-state index is -1.19. The zero-order chi connectivity index (χ0) is 50.4. The molecule has 0 bridgehead atoms. The number of unbranched alkanes of at least 4 members (excludes halogenated alkanes) is 3. The van der Waals surface area contributed by atoms with Crippen LogP contribution >= 0.6 is 0 Å². The molecule has 2 aliphatic heterocycles. The summed E-state index contributed by atoms with van der Waals surface area (Å²) in [5, 5.41) is 16.5. The maximum Gasteiger partial charge on any atom is 0.326 e. The number of rotatable bonds is 28. The number of ether oxygens (including phenoxy) is 2. The molecule has 6 amide bonds. The van der Waals surface area contributed by atoms with Gasteiger partial charge in [-0.1, -0.05) is 85.9 Å². The molecule has 1 fully saturated rings. The summed E-state index contributed by atoms with van der Waals surface area (Å²) in [6.45, 7) is 15.0. The number of aliphatic carboxylic acids is 1. The summed E-state index contributed by atoms with van der Waals surface area (Å²) >= 11 is 0. The van der Waals surface area contributed by atoms with Gasteiger partial charge in [-0.15, -0.1) is 0 Å². The lowest BCUT2D eigenvalue weighted by Gasteiger charge is -2.43. The Kier molecular flexibility index (Phi) is 21.4. The number of carbonyl (C=O) groups is 7. The summed E-state index contributed by atoms with van der Waals surface area (Å²) in [4.78, 5) is 103. The van der Waals surface area contributed by atoms with Crippen molar-refractivity contribution in [2.45, 2.75) is 149 Å². The number of aromatic nitrogens is 1. The molecule has 68 heavy (non-hydrogen) atoms. The van der Waals surface area contributed by atoms with E-state index in [-0.39, 0.29) is 54.2 Å². The molecule has 0 unspecified atom stereocenters. The number of para-hydroxylation sites is 1. The molecule has 0 spiro atoms. The molecule has 1 saturated heterocycles. The summed E-state index contributed by atoms with van der Waals surface area (Å²) in [6, 6.07) is 4.22. The highest BCUT2D eigenvalue weighted by atomic mass is 16.5. The molecule has 17 nitrogen and oxygen atoms in total. The molecule has 0 aliphatic carbocycles. The molecule has 2 aliphatic rings. The molecule has 2 aromatic rings. The highest BCUT2D eigenvalue weighted by molar-refractivity contribution is 6.12. The molecule has 0 radical (unpaired) electrons. The smallest absolute Gasteiger partial charge is 0.326 e. The normalized spacial score (nSPS) is 18.9. The van der Waals surface area contributed by atoms with Gasteiger partial charge in [0.1, 0.15) is 6.04 Å². The van der Waals surface area contributed by atoms with Crippen LogP contribution in [-0.4, -0.2) is 161 Å². The average Bonchev–Trinajstić information content (AvgIpc) is 4.02. The van der Waals surface area contributed by atoms with Gasteiger partial charge in [-0.3, -0.25) is 48.8 Å². The van der Waals surface area contributed by atoms with Crippen LogP contribution in [0.5, 0.6) is 0 Å². The monoisotopic (exact) mass is 950 g/mol. The van der Waals surface area contributed by atoms with Crippen molar-refractivity contribution >= 4 is 52.3 Å². The molecule has 1 aromatic heterocycles. The molecule has 4 N–H and O–H groups in total. The lowest BCUT2D eigenvalue weighted by molar-refractivity contribution is -0.146. The molecule has 3 heterocycles. The largest absolute Gasteiger partial charge is 0.480 e. The Balaban J connectivity index is 1.40. The van der Waals surface area contributed by atoms with Gasteiger partial charge in [0.15, 0.2) is 0 Å². The van der Waals surface area contributed by atoms with Crippen LogP contribution in [0.1, 0.15) is 105 Å². The molecule has 0 saturated carbocycles. The highest BCUT2D eigenvalue weighted by Crippen LogP contribution is 2.31. The number of carbonyl (C=O) groups excluding carboxylic acids is 6. The molecule has 9 atom stereocenters. The first kappa shape index (κ1) is 55.6. The summed E-state index contributed by atoms with van der Waals surface area (Å²) < 4.78 is 12.1. The fraction of sp³-hybridized carbons (Fsp3) is 0.667. The van der Waals surface area contributed by atoms with E-state index in [0.717, 1.165) is 42.1 Å². The lowest BCUT2D eigenvalue weighted by Crippen LogP contribution is -2.60. The molecular weight excluding hydrogens is 871 g/mol. The van der Waals surface area contributed by atoms with E-state index >= 15 is 0 Å². The van der Waals surface area contributed by atoms with Crippen LogP contribution in [0.15, 0.2) is 42.6 Å². The van der Waals surface area contributed by atoms with Gasteiger partial charge in [0.25, 0.3) is 11.8 Å². The number of hydrogen-bond acceptors (Lipinski definition) is 11. The number of carboxylic acid groups (broad SMARTS) is 1. The van der Waals surface area contributed by atoms with Crippen molar-refractivity contribution in [1.82, 2.24) is 35.2 Å². The van der Waals surface area contributed by atoms with Crippen molar-refractivity contribution in [1.29, 1.82) is 0 Å². The first-order chi connectivity index (χ1) is 32.3. The number of carboxylic acids is 1. The van der Waals surface area contributed by atoms with Crippen LogP contribution in [0.2, 0.25) is 0 Å². The van der Waals surface area contributed by atoms with Crippen molar-refractivity contribution in [2.75, 3.05) is 47.9 Å². The number of aromatic amines is 1. The number of methoxy groups -OCH3 is 2. The SMILES string of the molecule is CC[C@H](C)[C@@H]([C@@H](CC(=O)N1CCC[C@H]1[C@H](OC)[C@@H](C)C(=O)N[C@@H](Cc1c[nH]c2ccccc12)C(=O)O)OC)N(C)[C@H](C(=O)NC(=O)[C@H](C(C)C)N(C)CCCCCCN1C(=O)C=CC1=O)C(C)C. The first-order valence-corrected chi connectivity index (χ1v) is 24.5. The van der Waals surface area contributed by atoms with Gasteiger partial charge in [0, 0.05) is 69.0 Å². The van der Waals surface area contributed by atoms with Crippen LogP contribution in [0.25, 0.3) is 10.9 Å². The van der Waals surface area contributed by atoms with Crippen LogP contribution < -0.4 is 10.6 Å². The topological polar surface area (TPSA) is 211 Å². The van der Waals surface area contributed by atoms with Gasteiger partial charge in [0.05, 0.1) is 42.7 Å². The minimum Gasteiger partial charge on any atom is -0.480 e. The first-order valence-electron chi connectivity index (χ1n) is 24.5. The standard InChI is InChI=1S/C51H79N7O10/c1-12-33(6)46(56(9)45(32(4)5)50(64)54-49(63)44(31(2)3)55(8)25-17-13-14-18-26-58-41(59)23-24-42(58)60)40(67-10)29-43(61)57-27-19-22-39(57)47(68-11)34(7)48(62)53-38(51(65)66)28-35-30-52-37-21-16-15-20-36(35)37/h15-16,20-21,23-24,30-34,38-40,44-47,52H,12-14,17-19,22,25-29H2,1-11H3,(H,53,62)(H,65,66)(H,54,63,64)/t33-,34+,38-,39-,40+,44-,45-,46-,47+/m0/s1. The van der Waals surface area contributed by atoms with Crippen LogP contribution in [0, 0.1) is 23.7 Å². The Morgan fingerprint density at radius 1 is 0.868 bits per heavy atom. The van der Waals surface area contributed by atoms with Gasteiger partial charge >= 0.3 is 5.97 Å². The van der Waals surface area contributed by atoms with Crippen LogP contribution in [0.3, 0.4) is 0 Å². The predicted molar refractivity (Wildman–Crippen MR) is 260 cm³/mol. The number of imide groups is 2. The van der Waals surface area contributed by atoms with E-state index < -0.39 is 66.1 Å². The molecule has 4 rings (SSSR count). The molecule has 17 heteroatoms. The van der Waals surface area contributed by atoms with E-state index in [0.29, 0.717) is 38.9 Å². The summed E-state index contributed by atoms with van der Waals surface area (Å²) in [7, 11) is 6.79. The van der Waals surface area contributed by atoms with Gasteiger partial charge in [-0.25, -0.2) is 4.79 Å². The second-order valence-electron chi connectivity index (χ2n) is 19.6. The number of benzene rings is 1. The molecule has 378 valence electrons. The Hall–Kier alpha value is -4.97. The van der Waals surface area contributed by atoms with E-state index in [9.17, 15) is 38.7 Å². The number of nitrogens with zero attached hydrogens (tertiary/aromatic N) is 4. The summed E-state index contributed by atoms with van der Waals surface area (Å²) in [5.74, 6) is -4.33. The van der Waals surface area contributed by atoms with E-state index in [4.69, 9.17) is 9.47 Å². The Labute approximate surface area is 403 Å². The van der Waals surface area contributed by atoms with E-state index in [1.165, 1.54) is 24.2 Å². The zero-order valence-electron chi connectivity index (χ0n) is 42.3. The lowest BCUT2D eigenvalue weighted by atomic mass is 9.87. The number of likely N-dealkylation sites (N-methyl/N-ethyl adjacent to an activating group) is 2. The van der Waals surface area contributed by atoms with Gasteiger partial charge < -0.3 is 29.8 Å². The zero-order valence-corrected chi connectivity index (χ0v) is 42.3. The number of amides is 6. The summed E-state index contributed by atoms with van der Waals surface area (Å²) in [5.41, 5.74) is 1.64. The quantitative estimate of drug-likeness (QED) is 0.0671. The minimum absolute atomic E-state index is 0.00758. The number of fused-ring (bicyclic) bond motifs is 1. The van der Waals surface area contributed by atoms with Gasteiger partial charge in [-0.05, 0) is 75.7 Å². The van der Waals surface area contributed by atoms with Gasteiger partial charge in [-0.2, -0.15) is 0 Å². The number of H-pyrrole nitrogens is 1. The second kappa shape index (κ2) is 26.1. The maximum absolute atomic E-state index is 14.5. The van der Waals surface area contributed by atoms with Gasteiger partial charge in [0.2, 0.25) is 23.6 Å².